The van der Waals surface area contributed by atoms with Gasteiger partial charge in [0.2, 0.25) is 0 Å². The predicted molar refractivity (Wildman–Crippen MR) is 54.1 cm³/mol. The molecule has 0 rings (SSSR count). The Balaban J connectivity index is -0.000000117. The van der Waals surface area contributed by atoms with Crippen molar-refractivity contribution >= 4 is 12.0 Å². The molecule has 7 nitrogen and oxygen atoms in total. The fourth-order valence-electron chi connectivity index (χ4n) is 0.250. The lowest BCUT2D eigenvalue weighted by Gasteiger charge is -1.86. The van der Waals surface area contributed by atoms with E-state index in [1.165, 1.54) is 0 Å². The summed E-state index contributed by atoms with van der Waals surface area (Å²) in [7, 11) is 0. The normalized spacial score (nSPS) is 6.92. The summed E-state index contributed by atoms with van der Waals surface area (Å²) < 4.78 is 0. The Kier molecular flexibility index (Phi) is 22.7. The zero-order chi connectivity index (χ0) is 11.3. The second-order valence-corrected chi connectivity index (χ2v) is 1.81. The van der Waals surface area contributed by atoms with Crippen molar-refractivity contribution in [3.05, 3.63) is 0 Å². The summed E-state index contributed by atoms with van der Waals surface area (Å²) in [6.07, 6.45) is 0. The molecule has 0 aliphatic heterocycles. The lowest BCUT2D eigenvalue weighted by Crippen LogP contribution is -2.20. The van der Waals surface area contributed by atoms with Gasteiger partial charge in [-0.3, -0.25) is 5.41 Å². The number of amides is 2. The SMILES string of the molecule is CCNCC.N=C(N)N.NC(N)=O. The molecule has 0 saturated carbocycles. The number of guanidine groups is 1. The van der Waals surface area contributed by atoms with Gasteiger partial charge in [0, 0.05) is 0 Å². The molecule has 0 heterocycles. The molecule has 2 amide bonds. The molecule has 0 aliphatic rings. The second kappa shape index (κ2) is 16.8. The summed E-state index contributed by atoms with van der Waals surface area (Å²) in [6.45, 7) is 6.39. The van der Waals surface area contributed by atoms with Crippen LogP contribution in [0.5, 0.6) is 0 Å². The van der Waals surface area contributed by atoms with Crippen LogP contribution in [-0.2, 0) is 0 Å². The Labute approximate surface area is 78.3 Å². The highest BCUT2D eigenvalue weighted by atomic mass is 16.2. The number of hydrogen-bond acceptors (Lipinski definition) is 3. The van der Waals surface area contributed by atoms with Gasteiger partial charge in [0.05, 0.1) is 0 Å². The second-order valence-electron chi connectivity index (χ2n) is 1.81. The first kappa shape index (κ1) is 17.5. The molecule has 0 spiro atoms. The summed E-state index contributed by atoms with van der Waals surface area (Å²) in [5.74, 6) is -0.333. The zero-order valence-corrected chi connectivity index (χ0v) is 8.13. The fraction of sp³-hybridized carbons (Fsp3) is 0.667. The Bertz CT molecular complexity index is 104. The van der Waals surface area contributed by atoms with E-state index in [9.17, 15) is 0 Å². The molecule has 0 aromatic carbocycles. The Morgan fingerprint density at radius 3 is 1.31 bits per heavy atom. The highest BCUT2D eigenvalue weighted by molar-refractivity contribution is 5.71. The lowest BCUT2D eigenvalue weighted by atomic mass is 10.7. The van der Waals surface area contributed by atoms with E-state index in [1.54, 1.807) is 0 Å². The summed E-state index contributed by atoms with van der Waals surface area (Å²) >= 11 is 0. The Morgan fingerprint density at radius 2 is 1.31 bits per heavy atom. The van der Waals surface area contributed by atoms with Gasteiger partial charge in [-0.1, -0.05) is 13.8 Å². The lowest BCUT2D eigenvalue weighted by molar-refractivity contribution is 0.256. The number of rotatable bonds is 2. The molecule has 0 unspecified atom stereocenters. The number of hydrogen-bond donors (Lipinski definition) is 6. The molecule has 13 heavy (non-hydrogen) atoms. The van der Waals surface area contributed by atoms with Crippen molar-refractivity contribution in [3.8, 4) is 0 Å². The highest BCUT2D eigenvalue weighted by Crippen LogP contribution is 1.47. The van der Waals surface area contributed by atoms with Crippen molar-refractivity contribution in [2.45, 2.75) is 13.8 Å². The van der Waals surface area contributed by atoms with E-state index in [4.69, 9.17) is 10.2 Å². The van der Waals surface area contributed by atoms with Gasteiger partial charge in [-0.25, -0.2) is 4.79 Å². The first-order valence-electron chi connectivity index (χ1n) is 3.73. The third-order valence-electron chi connectivity index (χ3n) is 0.500. The minimum absolute atomic E-state index is 0.333. The molecule has 80 valence electrons. The number of nitrogens with two attached hydrogens (primary N) is 4. The van der Waals surface area contributed by atoms with Gasteiger partial charge in [0.15, 0.2) is 5.96 Å². The van der Waals surface area contributed by atoms with Crippen LogP contribution < -0.4 is 28.3 Å². The predicted octanol–water partition coefficient (Wildman–Crippen LogP) is -1.52. The molecule has 0 aromatic heterocycles. The van der Waals surface area contributed by atoms with Crippen LogP contribution in [0.3, 0.4) is 0 Å². The fourth-order valence-corrected chi connectivity index (χ4v) is 0.250. The monoisotopic (exact) mass is 192 g/mol. The van der Waals surface area contributed by atoms with Crippen LogP contribution in [0.15, 0.2) is 0 Å². The number of carbonyl (C=O) groups excluding carboxylic acids is 1. The Hall–Kier alpha value is -1.50. The number of carbonyl (C=O) groups is 1. The quantitative estimate of drug-likeness (QED) is 0.232. The van der Waals surface area contributed by atoms with Crippen LogP contribution >= 0.6 is 0 Å². The molecule has 7 heteroatoms. The zero-order valence-electron chi connectivity index (χ0n) is 8.13. The van der Waals surface area contributed by atoms with Crippen LogP contribution in [-0.4, -0.2) is 25.1 Å². The molecule has 0 fully saturated rings. The minimum atomic E-state index is -0.833. The third kappa shape index (κ3) is 3030. The number of urea groups is 1. The van der Waals surface area contributed by atoms with Gasteiger partial charge in [-0.15, -0.1) is 0 Å². The van der Waals surface area contributed by atoms with E-state index in [1.807, 2.05) is 0 Å². The largest absolute Gasteiger partial charge is 0.370 e. The molecule has 0 radical (unpaired) electrons. The van der Waals surface area contributed by atoms with E-state index < -0.39 is 6.03 Å². The van der Waals surface area contributed by atoms with Crippen LogP contribution in [0, 0.1) is 5.41 Å². The molecule has 10 N–H and O–H groups in total. The van der Waals surface area contributed by atoms with E-state index >= 15 is 0 Å². The Morgan fingerprint density at radius 1 is 1.15 bits per heavy atom. The maximum atomic E-state index is 9.00. The molecule has 0 aliphatic carbocycles. The van der Waals surface area contributed by atoms with E-state index in [0.29, 0.717) is 0 Å². The van der Waals surface area contributed by atoms with Crippen molar-refractivity contribution in [2.75, 3.05) is 13.1 Å². The smallest absolute Gasteiger partial charge is 0.309 e. The summed E-state index contributed by atoms with van der Waals surface area (Å²) in [4.78, 5) is 9.00. The van der Waals surface area contributed by atoms with Crippen molar-refractivity contribution in [1.29, 1.82) is 5.41 Å². The van der Waals surface area contributed by atoms with Crippen LogP contribution in [0.2, 0.25) is 0 Å². The van der Waals surface area contributed by atoms with E-state index in [-0.39, 0.29) is 5.96 Å². The highest BCUT2D eigenvalue weighted by Gasteiger charge is 1.62. The van der Waals surface area contributed by atoms with Crippen molar-refractivity contribution in [2.24, 2.45) is 22.9 Å². The molecule has 0 saturated heterocycles. The first-order valence-corrected chi connectivity index (χ1v) is 3.73. The molecule has 0 atom stereocenters. The van der Waals surface area contributed by atoms with Gasteiger partial charge >= 0.3 is 6.03 Å². The van der Waals surface area contributed by atoms with Gasteiger partial charge < -0.3 is 28.3 Å². The van der Waals surface area contributed by atoms with Crippen molar-refractivity contribution in [1.82, 2.24) is 5.32 Å². The van der Waals surface area contributed by atoms with Crippen LogP contribution in [0.4, 0.5) is 4.79 Å². The van der Waals surface area contributed by atoms with Gasteiger partial charge in [0.1, 0.15) is 0 Å². The molecular formula is C6H20N6O. The summed E-state index contributed by atoms with van der Waals surface area (Å²) in [6, 6.07) is -0.833. The molecule has 0 bridgehead atoms. The van der Waals surface area contributed by atoms with Gasteiger partial charge in [-0.2, -0.15) is 0 Å². The van der Waals surface area contributed by atoms with Gasteiger partial charge in [0.25, 0.3) is 0 Å². The minimum Gasteiger partial charge on any atom is -0.370 e. The molecular weight excluding hydrogens is 172 g/mol. The third-order valence-corrected chi connectivity index (χ3v) is 0.500. The average Bonchev–Trinajstić information content (AvgIpc) is 1.86. The van der Waals surface area contributed by atoms with Crippen molar-refractivity contribution in [3.63, 3.8) is 0 Å². The van der Waals surface area contributed by atoms with E-state index in [2.05, 4.69) is 42.1 Å². The average molecular weight is 192 g/mol. The molecule has 0 aromatic rings. The standard InChI is InChI=1S/C4H11N.CH5N3.CH4N2O/c1-3-5-4-2;2*2-1(3)4/h5H,3-4H2,1-2H3;(H5,2,3,4);(H4,2,3,4). The van der Waals surface area contributed by atoms with Crippen LogP contribution in [0.25, 0.3) is 0 Å². The van der Waals surface area contributed by atoms with Crippen LogP contribution in [0.1, 0.15) is 13.8 Å². The number of nitrogens with one attached hydrogen (secondary N) is 2. The maximum absolute atomic E-state index is 9.00. The first-order chi connectivity index (χ1) is 5.88. The number of primary amides is 2. The maximum Gasteiger partial charge on any atom is 0.309 e. The topological polar surface area (TPSA) is 157 Å². The van der Waals surface area contributed by atoms with Gasteiger partial charge in [-0.05, 0) is 13.1 Å². The summed E-state index contributed by atoms with van der Waals surface area (Å²) in [5, 5.41) is 9.17. The van der Waals surface area contributed by atoms with Crippen molar-refractivity contribution < 1.29 is 4.79 Å². The van der Waals surface area contributed by atoms with E-state index in [0.717, 1.165) is 13.1 Å². The summed E-state index contributed by atoms with van der Waals surface area (Å²) in [5.41, 5.74) is 17.4.